The molecule has 1 heterocycles. The Labute approximate surface area is 192 Å². The number of alkyl halides is 2. The van der Waals surface area contributed by atoms with Crippen LogP contribution in [0.4, 0.5) is 8.78 Å². The first-order valence-electron chi connectivity index (χ1n) is 11.9. The van der Waals surface area contributed by atoms with Gasteiger partial charge in [-0.3, -0.25) is 9.59 Å². The molecule has 0 spiro atoms. The Kier molecular flexibility index (Phi) is 5.12. The predicted molar refractivity (Wildman–Crippen MR) is 113 cm³/mol. The molecule has 1 saturated heterocycles. The average Bonchev–Trinajstić information content (AvgIpc) is 3.24. The summed E-state index contributed by atoms with van der Waals surface area (Å²) < 4.78 is 45.0. The molecule has 3 saturated carbocycles. The largest absolute Gasteiger partial charge is 0.390 e. The summed E-state index contributed by atoms with van der Waals surface area (Å²) in [6.45, 7) is 4.53. The molecule has 4 fully saturated rings. The third-order valence-electron chi connectivity index (χ3n) is 9.50. The maximum Gasteiger partial charge on any atom is 0.193 e. The lowest BCUT2D eigenvalue weighted by molar-refractivity contribution is -0.234. The minimum absolute atomic E-state index is 0.0613. The minimum atomic E-state index is -2.23. The molecule has 0 amide bonds. The molecule has 0 bridgehead atoms. The Morgan fingerprint density at radius 2 is 2.00 bits per heavy atom. The molecular formula is C25H32F2O6. The number of carbonyl (C=O) groups is 2. The van der Waals surface area contributed by atoms with Crippen LogP contribution >= 0.6 is 0 Å². The number of aliphatic hydroxyl groups is 2. The summed E-state index contributed by atoms with van der Waals surface area (Å²) in [7, 11) is 0. The molecule has 0 radical (unpaired) electrons. The van der Waals surface area contributed by atoms with Crippen LogP contribution in [-0.4, -0.2) is 64.3 Å². The van der Waals surface area contributed by atoms with E-state index < -0.39 is 76.8 Å². The number of halogens is 2. The smallest absolute Gasteiger partial charge is 0.193 e. The molecule has 0 aromatic rings. The fourth-order valence-electron chi connectivity index (χ4n) is 8.00. The van der Waals surface area contributed by atoms with Crippen LogP contribution in [0.5, 0.6) is 0 Å². The van der Waals surface area contributed by atoms with Gasteiger partial charge >= 0.3 is 0 Å². The molecule has 33 heavy (non-hydrogen) atoms. The lowest BCUT2D eigenvalue weighted by Gasteiger charge is -2.63. The summed E-state index contributed by atoms with van der Waals surface area (Å²) in [5.74, 6) is -2.38. The molecule has 1 aliphatic heterocycles. The Morgan fingerprint density at radius 3 is 2.67 bits per heavy atom. The van der Waals surface area contributed by atoms with Crippen molar-refractivity contribution in [2.45, 2.75) is 88.8 Å². The summed E-state index contributed by atoms with van der Waals surface area (Å²) in [6, 6.07) is 0. The van der Waals surface area contributed by atoms with E-state index in [9.17, 15) is 19.8 Å². The highest BCUT2D eigenvalue weighted by Crippen LogP contribution is 2.72. The number of carbonyl (C=O) groups excluding carboxylic acids is 2. The van der Waals surface area contributed by atoms with Crippen molar-refractivity contribution >= 4 is 11.6 Å². The zero-order valence-electron chi connectivity index (χ0n) is 19.2. The van der Waals surface area contributed by atoms with Crippen molar-refractivity contribution in [1.82, 2.24) is 0 Å². The van der Waals surface area contributed by atoms with Crippen molar-refractivity contribution in [2.75, 3.05) is 6.61 Å². The van der Waals surface area contributed by atoms with E-state index in [1.807, 2.05) is 6.92 Å². The van der Waals surface area contributed by atoms with E-state index in [0.29, 0.717) is 6.42 Å². The van der Waals surface area contributed by atoms with Crippen LogP contribution < -0.4 is 0 Å². The second-order valence-corrected chi connectivity index (χ2v) is 10.9. The zero-order chi connectivity index (χ0) is 24.0. The van der Waals surface area contributed by atoms with Crippen molar-refractivity contribution in [3.05, 3.63) is 23.8 Å². The number of fused-ring (bicyclic) bond motifs is 7. The lowest BCUT2D eigenvalue weighted by atomic mass is 9.44. The maximum absolute atomic E-state index is 17.2. The highest BCUT2D eigenvalue weighted by molar-refractivity contribution is 6.01. The number of aliphatic hydroxyl groups excluding tert-OH is 2. The first kappa shape index (κ1) is 23.3. The van der Waals surface area contributed by atoms with E-state index in [1.54, 1.807) is 13.8 Å². The number of hydrogen-bond donors (Lipinski definition) is 2. The van der Waals surface area contributed by atoms with Gasteiger partial charge in [-0.25, -0.2) is 8.78 Å². The number of rotatable bonds is 4. The molecule has 1 unspecified atom stereocenters. The van der Waals surface area contributed by atoms with Crippen LogP contribution in [0.3, 0.4) is 0 Å². The highest BCUT2D eigenvalue weighted by Gasteiger charge is 2.79. The van der Waals surface area contributed by atoms with Crippen LogP contribution in [0.15, 0.2) is 23.8 Å². The van der Waals surface area contributed by atoms with Gasteiger partial charge in [-0.15, -0.1) is 0 Å². The summed E-state index contributed by atoms with van der Waals surface area (Å²) in [5.41, 5.74) is -6.22. The van der Waals surface area contributed by atoms with Gasteiger partial charge in [0.2, 0.25) is 0 Å². The second-order valence-electron chi connectivity index (χ2n) is 10.9. The Bertz CT molecular complexity index is 949. The van der Waals surface area contributed by atoms with Gasteiger partial charge < -0.3 is 19.7 Å². The molecule has 4 aliphatic carbocycles. The van der Waals surface area contributed by atoms with Gasteiger partial charge in [0.1, 0.15) is 12.8 Å². The van der Waals surface area contributed by atoms with Gasteiger partial charge in [-0.2, -0.15) is 0 Å². The monoisotopic (exact) mass is 466 g/mol. The molecular weight excluding hydrogens is 434 g/mol. The van der Waals surface area contributed by atoms with Crippen molar-refractivity contribution in [3.8, 4) is 0 Å². The predicted octanol–water partition coefficient (Wildman–Crippen LogP) is 2.76. The van der Waals surface area contributed by atoms with Crippen LogP contribution in [0.2, 0.25) is 0 Å². The number of Topliss-reactive ketones (excluding diaryl/α,β-unsaturated/α-hetero) is 1. The van der Waals surface area contributed by atoms with Gasteiger partial charge in [0.25, 0.3) is 0 Å². The number of ether oxygens (including phenoxy) is 2. The van der Waals surface area contributed by atoms with Gasteiger partial charge in [0, 0.05) is 16.7 Å². The third-order valence-corrected chi connectivity index (χ3v) is 9.50. The molecule has 0 aromatic heterocycles. The quantitative estimate of drug-likeness (QED) is 0.662. The lowest BCUT2D eigenvalue weighted by Crippen LogP contribution is -2.70. The standard InChI is InChI=1S/C25H32F2O6/c1-4-5-21-32-20-10-14-15-9-17(26)16-8-13(29)6-7-22(16,2)24(15,27)18(30)11-23(14,3)25(20,33-21)19(31)12-28/h6-8,14-15,17-18,20-21,28,30H,4-5,9-12H2,1-3H3/t14-,15-,17-,18+,20+,21?,22-,23-,24-,25+/m0/s1. The van der Waals surface area contributed by atoms with Crippen molar-refractivity contribution < 1.29 is 38.1 Å². The normalized spacial score (nSPS) is 52.6. The Morgan fingerprint density at radius 1 is 1.27 bits per heavy atom. The van der Waals surface area contributed by atoms with Crippen LogP contribution in [0, 0.1) is 22.7 Å². The highest BCUT2D eigenvalue weighted by atomic mass is 19.1. The number of ketones is 2. The molecule has 6 nitrogen and oxygen atoms in total. The molecule has 5 rings (SSSR count). The van der Waals surface area contributed by atoms with Crippen molar-refractivity contribution in [3.63, 3.8) is 0 Å². The summed E-state index contributed by atoms with van der Waals surface area (Å²) in [5, 5.41) is 21.2. The molecule has 0 aromatic carbocycles. The fourth-order valence-corrected chi connectivity index (χ4v) is 8.00. The van der Waals surface area contributed by atoms with E-state index in [-0.39, 0.29) is 24.8 Å². The topological polar surface area (TPSA) is 93.1 Å². The first-order chi connectivity index (χ1) is 15.5. The summed E-state index contributed by atoms with van der Waals surface area (Å²) in [6.07, 6.45) is 0.682. The van der Waals surface area contributed by atoms with Crippen LogP contribution in [0.25, 0.3) is 0 Å². The minimum Gasteiger partial charge on any atom is -0.390 e. The zero-order valence-corrected chi connectivity index (χ0v) is 19.2. The van der Waals surface area contributed by atoms with E-state index in [1.165, 1.54) is 12.2 Å². The van der Waals surface area contributed by atoms with Gasteiger partial charge in [-0.05, 0) is 56.3 Å². The third kappa shape index (κ3) is 2.61. The van der Waals surface area contributed by atoms with Gasteiger partial charge in [0.05, 0.1) is 12.2 Å². The number of hydrogen-bond acceptors (Lipinski definition) is 6. The fraction of sp³-hybridized carbons (Fsp3) is 0.760. The Balaban J connectivity index is 1.62. The maximum atomic E-state index is 17.2. The Hall–Kier alpha value is -1.48. The average molecular weight is 467 g/mol. The SMILES string of the molecule is CCCC1O[C@@H]2C[C@H]3[C@@H]4C[C@H](F)C5=CC(=O)C=C[C@]5(C)[C@@]4(F)[C@H](O)C[C@]3(C)[C@]2(C(=O)CO)O1. The van der Waals surface area contributed by atoms with E-state index in [0.717, 1.165) is 12.5 Å². The molecule has 182 valence electrons. The van der Waals surface area contributed by atoms with Crippen LogP contribution in [-0.2, 0) is 19.1 Å². The molecule has 8 heteroatoms. The van der Waals surface area contributed by atoms with Crippen molar-refractivity contribution in [1.29, 1.82) is 0 Å². The van der Waals surface area contributed by atoms with Crippen LogP contribution in [0.1, 0.15) is 52.9 Å². The summed E-state index contributed by atoms with van der Waals surface area (Å²) >= 11 is 0. The van der Waals surface area contributed by atoms with Gasteiger partial charge in [-0.1, -0.05) is 26.3 Å². The van der Waals surface area contributed by atoms with Gasteiger partial charge in [0.15, 0.2) is 29.1 Å². The van der Waals surface area contributed by atoms with E-state index in [2.05, 4.69) is 0 Å². The van der Waals surface area contributed by atoms with Crippen molar-refractivity contribution in [2.24, 2.45) is 22.7 Å². The van der Waals surface area contributed by atoms with E-state index in [4.69, 9.17) is 9.47 Å². The first-order valence-corrected chi connectivity index (χ1v) is 11.9. The molecule has 5 aliphatic rings. The number of allylic oxidation sites excluding steroid dienone is 4. The van der Waals surface area contributed by atoms with E-state index >= 15 is 8.78 Å². The second kappa shape index (κ2) is 7.26. The summed E-state index contributed by atoms with van der Waals surface area (Å²) in [4.78, 5) is 25.1. The molecule has 10 atom stereocenters. The molecule has 2 N–H and O–H groups in total.